The number of Topliss-reactive ketones (excluding diaryl/α,β-unsaturated/α-hetero) is 1. The lowest BCUT2D eigenvalue weighted by molar-refractivity contribution is -0.0885. The zero-order valence-electron chi connectivity index (χ0n) is 12.8. The molecule has 0 saturated carbocycles. The van der Waals surface area contributed by atoms with E-state index in [0.717, 1.165) is 17.7 Å². The molecule has 0 bridgehead atoms. The highest BCUT2D eigenvalue weighted by Crippen LogP contribution is 2.40. The van der Waals surface area contributed by atoms with Gasteiger partial charge in [0.15, 0.2) is 0 Å². The van der Waals surface area contributed by atoms with E-state index in [2.05, 4.69) is 0 Å². The van der Waals surface area contributed by atoms with E-state index < -0.39 is 17.5 Å². The summed E-state index contributed by atoms with van der Waals surface area (Å²) in [6.07, 6.45) is -4.89. The van der Waals surface area contributed by atoms with Crippen LogP contribution in [0.1, 0.15) is 15.9 Å². The van der Waals surface area contributed by atoms with Crippen molar-refractivity contribution in [3.05, 3.63) is 47.5 Å². The molecule has 0 fully saturated rings. The first kappa shape index (κ1) is 16.9. The first-order chi connectivity index (χ1) is 10.8. The number of methoxy groups -OCH3 is 2. The Labute approximate surface area is 131 Å². The smallest absolute Gasteiger partial charge is 0.454 e. The van der Waals surface area contributed by atoms with E-state index in [0.29, 0.717) is 22.6 Å². The third-order valence-corrected chi connectivity index (χ3v) is 3.43. The van der Waals surface area contributed by atoms with E-state index in [1.165, 1.54) is 26.4 Å². The molecule has 0 heterocycles. The average Bonchev–Trinajstić information content (AvgIpc) is 2.53. The Kier molecular flexibility index (Phi) is 4.63. The Hall–Kier alpha value is -2.50. The first-order valence-corrected chi connectivity index (χ1v) is 6.73. The topological polar surface area (TPSA) is 35.5 Å². The highest BCUT2D eigenvalue weighted by atomic mass is 19.4. The molecule has 0 radical (unpaired) electrons. The van der Waals surface area contributed by atoms with Crippen LogP contribution in [0.5, 0.6) is 11.5 Å². The maximum absolute atomic E-state index is 12.5. The van der Waals surface area contributed by atoms with Crippen molar-refractivity contribution in [3.63, 3.8) is 0 Å². The molecule has 2 rings (SSSR count). The van der Waals surface area contributed by atoms with Gasteiger partial charge in [-0.15, -0.1) is 0 Å². The molecule has 2 aromatic rings. The van der Waals surface area contributed by atoms with Gasteiger partial charge in [0.1, 0.15) is 11.5 Å². The van der Waals surface area contributed by atoms with Gasteiger partial charge >= 0.3 is 6.18 Å². The second kappa shape index (κ2) is 6.32. The van der Waals surface area contributed by atoms with E-state index in [4.69, 9.17) is 9.47 Å². The number of ketones is 1. The quantitative estimate of drug-likeness (QED) is 0.781. The maximum atomic E-state index is 12.5. The minimum Gasteiger partial charge on any atom is -0.496 e. The predicted octanol–water partition coefficient (Wildman–Crippen LogP) is 4.42. The van der Waals surface area contributed by atoms with Gasteiger partial charge in [0.05, 0.1) is 19.8 Å². The van der Waals surface area contributed by atoms with Crippen LogP contribution in [-0.4, -0.2) is 26.2 Å². The van der Waals surface area contributed by atoms with Crippen LogP contribution in [0.2, 0.25) is 0 Å². The second-order valence-corrected chi connectivity index (χ2v) is 4.90. The standard InChI is InChI=1S/C17H15F3O3/c1-10-4-9-13(22-2)14(15(10)23-3)11-5-7-12(8-6-11)16(21)17(18,19)20/h4-9H,1-3H3. The summed E-state index contributed by atoms with van der Waals surface area (Å²) in [5.41, 5.74) is 1.67. The van der Waals surface area contributed by atoms with Crippen LogP contribution in [0.4, 0.5) is 13.2 Å². The summed E-state index contributed by atoms with van der Waals surface area (Å²) in [5.74, 6) is -0.770. The number of rotatable bonds is 4. The molecule has 0 aliphatic heterocycles. The van der Waals surface area contributed by atoms with Gasteiger partial charge in [-0.3, -0.25) is 4.79 Å². The SMILES string of the molecule is COc1ccc(C)c(OC)c1-c1ccc(C(=O)C(F)(F)F)cc1. The molecule has 0 saturated heterocycles. The zero-order valence-corrected chi connectivity index (χ0v) is 12.8. The van der Waals surface area contributed by atoms with Gasteiger partial charge in [0, 0.05) is 5.56 Å². The van der Waals surface area contributed by atoms with Crippen LogP contribution in [0.25, 0.3) is 11.1 Å². The van der Waals surface area contributed by atoms with Gasteiger partial charge in [-0.25, -0.2) is 0 Å². The lowest BCUT2D eigenvalue weighted by Crippen LogP contribution is -2.22. The van der Waals surface area contributed by atoms with Crippen LogP contribution in [0.15, 0.2) is 36.4 Å². The number of hydrogen-bond donors (Lipinski definition) is 0. The van der Waals surface area contributed by atoms with Crippen LogP contribution < -0.4 is 9.47 Å². The molecule has 2 aromatic carbocycles. The van der Waals surface area contributed by atoms with Crippen molar-refractivity contribution in [1.29, 1.82) is 0 Å². The van der Waals surface area contributed by atoms with Crippen molar-refractivity contribution >= 4 is 5.78 Å². The molecule has 0 atom stereocenters. The van der Waals surface area contributed by atoms with E-state index in [1.54, 1.807) is 6.07 Å². The molecular weight excluding hydrogens is 309 g/mol. The number of aryl methyl sites for hydroxylation is 1. The lowest BCUT2D eigenvalue weighted by atomic mass is 9.98. The fourth-order valence-electron chi connectivity index (χ4n) is 2.33. The average molecular weight is 324 g/mol. The summed E-state index contributed by atoms with van der Waals surface area (Å²) >= 11 is 0. The van der Waals surface area contributed by atoms with E-state index in [9.17, 15) is 18.0 Å². The molecule has 23 heavy (non-hydrogen) atoms. The second-order valence-electron chi connectivity index (χ2n) is 4.90. The Morgan fingerprint density at radius 2 is 1.57 bits per heavy atom. The van der Waals surface area contributed by atoms with Crippen LogP contribution in [-0.2, 0) is 0 Å². The summed E-state index contributed by atoms with van der Waals surface area (Å²) < 4.78 is 48.1. The maximum Gasteiger partial charge on any atom is 0.454 e. The van der Waals surface area contributed by atoms with Crippen molar-refractivity contribution in [2.24, 2.45) is 0 Å². The molecule has 0 aliphatic carbocycles. The van der Waals surface area contributed by atoms with Crippen LogP contribution >= 0.6 is 0 Å². The van der Waals surface area contributed by atoms with Crippen molar-refractivity contribution < 1.29 is 27.4 Å². The number of carbonyl (C=O) groups excluding carboxylic acids is 1. The van der Waals surface area contributed by atoms with Gasteiger partial charge in [-0.05, 0) is 24.1 Å². The molecule has 0 amide bonds. The molecule has 0 aromatic heterocycles. The van der Waals surface area contributed by atoms with Crippen molar-refractivity contribution in [3.8, 4) is 22.6 Å². The molecular formula is C17H15F3O3. The third-order valence-electron chi connectivity index (χ3n) is 3.43. The molecule has 122 valence electrons. The fourth-order valence-corrected chi connectivity index (χ4v) is 2.33. The number of halogens is 3. The van der Waals surface area contributed by atoms with Crippen molar-refractivity contribution in [2.45, 2.75) is 13.1 Å². The van der Waals surface area contributed by atoms with E-state index in [1.807, 2.05) is 13.0 Å². The summed E-state index contributed by atoms with van der Waals surface area (Å²) in [6.45, 7) is 1.85. The number of benzene rings is 2. The Morgan fingerprint density at radius 1 is 0.957 bits per heavy atom. The fraction of sp³-hybridized carbons (Fsp3) is 0.235. The predicted molar refractivity (Wildman–Crippen MR) is 80.1 cm³/mol. The summed E-state index contributed by atoms with van der Waals surface area (Å²) in [5, 5.41) is 0. The highest BCUT2D eigenvalue weighted by molar-refractivity contribution is 6.00. The largest absolute Gasteiger partial charge is 0.496 e. The van der Waals surface area contributed by atoms with E-state index >= 15 is 0 Å². The molecule has 0 unspecified atom stereocenters. The molecule has 3 nitrogen and oxygen atoms in total. The number of ether oxygens (including phenoxy) is 2. The normalized spacial score (nSPS) is 11.2. The van der Waals surface area contributed by atoms with Crippen molar-refractivity contribution in [2.75, 3.05) is 14.2 Å². The number of carbonyl (C=O) groups is 1. The van der Waals surface area contributed by atoms with Crippen molar-refractivity contribution in [1.82, 2.24) is 0 Å². The lowest BCUT2D eigenvalue weighted by Gasteiger charge is -2.16. The van der Waals surface area contributed by atoms with Gasteiger partial charge < -0.3 is 9.47 Å². The third kappa shape index (κ3) is 3.31. The van der Waals surface area contributed by atoms with Crippen LogP contribution in [0.3, 0.4) is 0 Å². The van der Waals surface area contributed by atoms with Gasteiger partial charge in [-0.1, -0.05) is 30.3 Å². The zero-order chi connectivity index (χ0) is 17.2. The Bertz CT molecular complexity index is 719. The molecule has 6 heteroatoms. The Balaban J connectivity index is 2.52. The van der Waals surface area contributed by atoms with E-state index in [-0.39, 0.29) is 0 Å². The Morgan fingerprint density at radius 3 is 2.04 bits per heavy atom. The minimum absolute atomic E-state index is 0.410. The summed E-state index contributed by atoms with van der Waals surface area (Å²) in [7, 11) is 3.00. The highest BCUT2D eigenvalue weighted by Gasteiger charge is 2.39. The molecule has 0 spiro atoms. The monoisotopic (exact) mass is 324 g/mol. The minimum atomic E-state index is -4.89. The number of hydrogen-bond acceptors (Lipinski definition) is 3. The molecule has 0 aliphatic rings. The molecule has 0 N–H and O–H groups in total. The van der Waals surface area contributed by atoms with Crippen LogP contribution in [0, 0.1) is 6.92 Å². The number of alkyl halides is 3. The first-order valence-electron chi connectivity index (χ1n) is 6.73. The van der Waals surface area contributed by atoms with Gasteiger partial charge in [0.25, 0.3) is 5.78 Å². The van der Waals surface area contributed by atoms with Gasteiger partial charge in [0.2, 0.25) is 0 Å². The summed E-state index contributed by atoms with van der Waals surface area (Å²) in [6, 6.07) is 8.75. The summed E-state index contributed by atoms with van der Waals surface area (Å²) in [4.78, 5) is 11.2. The van der Waals surface area contributed by atoms with Gasteiger partial charge in [-0.2, -0.15) is 13.2 Å².